The number of fused-ring (bicyclic) bond motifs is 1. The van der Waals surface area contributed by atoms with E-state index in [0.717, 1.165) is 26.4 Å². The van der Waals surface area contributed by atoms with Gasteiger partial charge in [0.1, 0.15) is 11.9 Å². The number of aliphatic hydroxyl groups excluding tert-OH is 2. The second-order valence-corrected chi connectivity index (χ2v) is 12.1. The van der Waals surface area contributed by atoms with Crippen molar-refractivity contribution < 1.29 is 24.5 Å². The summed E-state index contributed by atoms with van der Waals surface area (Å²) in [6.45, 7) is 12.8. The van der Waals surface area contributed by atoms with E-state index in [4.69, 9.17) is 4.74 Å². The van der Waals surface area contributed by atoms with Gasteiger partial charge in [0.2, 0.25) is 0 Å². The lowest BCUT2D eigenvalue weighted by Gasteiger charge is -2.34. The van der Waals surface area contributed by atoms with Crippen LogP contribution < -0.4 is 0 Å². The number of allylic oxidation sites excluding steroid dienone is 3. The first-order chi connectivity index (χ1) is 16.8. The van der Waals surface area contributed by atoms with Gasteiger partial charge in [-0.05, 0) is 43.9 Å². The molecule has 2 aromatic rings. The topological polar surface area (TPSA) is 96.7 Å². The van der Waals surface area contributed by atoms with Crippen molar-refractivity contribution in [1.29, 1.82) is 0 Å². The van der Waals surface area contributed by atoms with Gasteiger partial charge in [-0.1, -0.05) is 64.5 Å². The fourth-order valence-electron chi connectivity index (χ4n) is 4.88. The zero-order chi connectivity index (χ0) is 26.8. The number of hydrogen-bond donors (Lipinski definition) is 2. The normalized spacial score (nSPS) is 30.8. The number of hydrogen-bond acceptors (Lipinski definition) is 7. The minimum absolute atomic E-state index is 0.141. The van der Waals surface area contributed by atoms with Crippen molar-refractivity contribution >= 4 is 33.3 Å². The van der Waals surface area contributed by atoms with Crippen LogP contribution in [0.4, 0.5) is 0 Å². The van der Waals surface area contributed by atoms with E-state index in [0.29, 0.717) is 6.42 Å². The minimum atomic E-state index is -1.24. The highest BCUT2D eigenvalue weighted by molar-refractivity contribution is 7.18. The summed E-state index contributed by atoms with van der Waals surface area (Å²) in [5.41, 5.74) is 1.48. The highest BCUT2D eigenvalue weighted by Gasteiger charge is 2.42. The first-order valence-corrected chi connectivity index (χ1v) is 13.4. The van der Waals surface area contributed by atoms with Gasteiger partial charge in [-0.25, -0.2) is 4.98 Å². The summed E-state index contributed by atoms with van der Waals surface area (Å²) in [4.78, 5) is 30.9. The Balaban J connectivity index is 2.01. The monoisotopic (exact) mass is 513 g/mol. The number of aliphatic hydroxyl groups is 2. The van der Waals surface area contributed by atoms with Gasteiger partial charge in [-0.15, -0.1) is 11.3 Å². The zero-order valence-corrected chi connectivity index (χ0v) is 23.1. The first-order valence-electron chi connectivity index (χ1n) is 12.6. The molecule has 0 saturated carbocycles. The fourth-order valence-corrected chi connectivity index (χ4v) is 5.69. The fraction of sp³-hybridized carbons (Fsp3) is 0.552. The van der Waals surface area contributed by atoms with Crippen LogP contribution in [-0.4, -0.2) is 39.2 Å². The largest absolute Gasteiger partial charge is 0.457 e. The Morgan fingerprint density at radius 2 is 1.81 bits per heavy atom. The Morgan fingerprint density at radius 1 is 1.11 bits per heavy atom. The second kappa shape index (κ2) is 11.4. The van der Waals surface area contributed by atoms with Crippen LogP contribution in [0.2, 0.25) is 0 Å². The van der Waals surface area contributed by atoms with Gasteiger partial charge in [0.05, 0.1) is 39.3 Å². The minimum Gasteiger partial charge on any atom is -0.457 e. The number of Topliss-reactive ketones (excluding diaryl/α,β-unsaturated/α-hetero) is 1. The van der Waals surface area contributed by atoms with Crippen molar-refractivity contribution in [3.8, 4) is 0 Å². The van der Waals surface area contributed by atoms with Crippen LogP contribution in [0.3, 0.4) is 0 Å². The number of ketones is 1. The molecule has 1 aromatic heterocycles. The summed E-state index contributed by atoms with van der Waals surface area (Å²) in [7, 11) is 0. The maximum Gasteiger partial charge on any atom is 0.309 e. The van der Waals surface area contributed by atoms with Gasteiger partial charge in [0, 0.05) is 11.8 Å². The van der Waals surface area contributed by atoms with Crippen molar-refractivity contribution in [2.45, 2.75) is 79.6 Å². The molecule has 2 heterocycles. The molecule has 0 spiro atoms. The Hall–Kier alpha value is -2.35. The number of aryl methyl sites for hydroxylation is 1. The lowest BCUT2D eigenvalue weighted by Crippen LogP contribution is -2.45. The van der Waals surface area contributed by atoms with Gasteiger partial charge >= 0.3 is 5.97 Å². The Kier molecular flexibility index (Phi) is 8.91. The quantitative estimate of drug-likeness (QED) is 0.474. The van der Waals surface area contributed by atoms with Crippen LogP contribution in [0, 0.1) is 30.1 Å². The second-order valence-electron chi connectivity index (χ2n) is 10.8. The predicted octanol–water partition coefficient (Wildman–Crippen LogP) is 5.71. The molecule has 0 unspecified atom stereocenters. The molecule has 36 heavy (non-hydrogen) atoms. The molecule has 1 aliphatic heterocycles. The van der Waals surface area contributed by atoms with Gasteiger partial charge in [0.15, 0.2) is 0 Å². The molecule has 2 N–H and O–H groups in total. The Bertz CT molecular complexity index is 1160. The maximum absolute atomic E-state index is 13.2. The van der Waals surface area contributed by atoms with Gasteiger partial charge in [-0.3, -0.25) is 9.59 Å². The van der Waals surface area contributed by atoms with E-state index in [9.17, 15) is 19.8 Å². The van der Waals surface area contributed by atoms with Crippen molar-refractivity contribution in [2.75, 3.05) is 0 Å². The van der Waals surface area contributed by atoms with Gasteiger partial charge in [0.25, 0.3) is 0 Å². The molecule has 6 nitrogen and oxygen atoms in total. The molecule has 1 aromatic carbocycles. The number of carbonyl (C=O) groups is 2. The average molecular weight is 514 g/mol. The summed E-state index contributed by atoms with van der Waals surface area (Å²) >= 11 is 1.61. The molecule has 1 aliphatic rings. The van der Waals surface area contributed by atoms with Crippen LogP contribution in [0.15, 0.2) is 42.0 Å². The van der Waals surface area contributed by atoms with Crippen LogP contribution in [-0.2, 0) is 14.3 Å². The number of nitrogens with zero attached hydrogens (tertiary/aromatic N) is 1. The molecule has 0 fully saturated rings. The first kappa shape index (κ1) is 28.2. The van der Waals surface area contributed by atoms with Crippen molar-refractivity contribution in [2.24, 2.45) is 23.2 Å². The highest BCUT2D eigenvalue weighted by Crippen LogP contribution is 2.35. The maximum atomic E-state index is 13.2. The molecular weight excluding hydrogens is 474 g/mol. The summed E-state index contributed by atoms with van der Waals surface area (Å²) in [5, 5.41) is 22.7. The van der Waals surface area contributed by atoms with Crippen LogP contribution in [0.1, 0.15) is 71.1 Å². The van der Waals surface area contributed by atoms with E-state index >= 15 is 0 Å². The molecule has 3 rings (SSSR count). The summed E-state index contributed by atoms with van der Waals surface area (Å²) in [5.74, 6) is -1.83. The Morgan fingerprint density at radius 3 is 2.50 bits per heavy atom. The number of ether oxygens (including phenoxy) is 1. The van der Waals surface area contributed by atoms with Crippen molar-refractivity contribution in [1.82, 2.24) is 4.98 Å². The van der Waals surface area contributed by atoms with Gasteiger partial charge < -0.3 is 14.9 Å². The van der Waals surface area contributed by atoms with Gasteiger partial charge in [-0.2, -0.15) is 0 Å². The molecule has 6 atom stereocenters. The molecule has 0 aliphatic carbocycles. The highest BCUT2D eigenvalue weighted by atomic mass is 32.1. The lowest BCUT2D eigenvalue weighted by atomic mass is 9.73. The zero-order valence-electron chi connectivity index (χ0n) is 22.3. The summed E-state index contributed by atoms with van der Waals surface area (Å²) in [6, 6.07) is 5.91. The third-order valence-electron chi connectivity index (χ3n) is 7.33. The third-order valence-corrected chi connectivity index (χ3v) is 8.29. The molecule has 0 amide bonds. The van der Waals surface area contributed by atoms with E-state index < -0.39 is 35.6 Å². The standard InChI is InChI=1S/C29H39NO5S/c1-16-9-8-10-17(2)26(33)19(4)28(34)29(6,7)24(31)15-25(32)35-27(18(3)13-16)21-11-12-23-22(14-21)30-20(5)36-23/h8-9,11-14,17-19,24,26-27,31,33H,10,15H2,1-7H3/t17-,18-,19+,24-,26-,27-/m0/s1. The number of benzene rings is 1. The molecule has 7 heteroatoms. The van der Waals surface area contributed by atoms with E-state index in [2.05, 4.69) is 11.1 Å². The predicted molar refractivity (Wildman–Crippen MR) is 144 cm³/mol. The number of cyclic esters (lactones) is 1. The smallest absolute Gasteiger partial charge is 0.309 e. The lowest BCUT2D eigenvalue weighted by molar-refractivity contribution is -0.157. The van der Waals surface area contributed by atoms with E-state index in [1.807, 2.05) is 58.0 Å². The molecule has 0 saturated heterocycles. The van der Waals surface area contributed by atoms with E-state index in [-0.39, 0.29) is 24.0 Å². The third kappa shape index (κ3) is 6.31. The van der Waals surface area contributed by atoms with Crippen molar-refractivity contribution in [3.05, 3.63) is 52.6 Å². The molecule has 0 radical (unpaired) electrons. The number of carbonyl (C=O) groups excluding carboxylic acids is 2. The number of esters is 1. The average Bonchev–Trinajstić information content (AvgIpc) is 3.19. The molecule has 0 bridgehead atoms. The van der Waals surface area contributed by atoms with Crippen LogP contribution in [0.25, 0.3) is 10.2 Å². The Labute approximate surface area is 218 Å². The van der Waals surface area contributed by atoms with Crippen LogP contribution in [0.5, 0.6) is 0 Å². The summed E-state index contributed by atoms with van der Waals surface area (Å²) < 4.78 is 7.03. The molecular formula is C29H39NO5S. The number of rotatable bonds is 1. The molecule has 196 valence electrons. The SMILES string of the molecule is CC1=C[C@H](C)[C@@H](c2ccc3sc(C)nc3c2)OC(=O)C[C@H](O)C(C)(C)C(=O)[C@H](C)[C@@H](O)[C@@H](C)CC=C1. The van der Waals surface area contributed by atoms with Crippen molar-refractivity contribution in [3.63, 3.8) is 0 Å². The summed E-state index contributed by atoms with van der Waals surface area (Å²) in [6.07, 6.45) is 3.67. The van der Waals surface area contributed by atoms with E-state index in [1.165, 1.54) is 0 Å². The number of thiazole rings is 1. The van der Waals surface area contributed by atoms with Crippen LogP contribution >= 0.6 is 11.3 Å². The van der Waals surface area contributed by atoms with E-state index in [1.54, 1.807) is 32.1 Å². The number of aromatic nitrogens is 1.